The molecule has 31 heavy (non-hydrogen) atoms. The monoisotopic (exact) mass is 432 g/mol. The summed E-state index contributed by atoms with van der Waals surface area (Å²) in [7, 11) is 1.67. The molecule has 2 N–H and O–H groups in total. The van der Waals surface area contributed by atoms with Crippen molar-refractivity contribution in [2.45, 2.75) is 32.0 Å². The number of aromatic amines is 1. The fourth-order valence-electron chi connectivity index (χ4n) is 3.85. The van der Waals surface area contributed by atoms with Crippen LogP contribution in [0, 0.1) is 6.92 Å². The molecule has 2 amide bonds. The highest BCUT2D eigenvalue weighted by Gasteiger charge is 2.31. The van der Waals surface area contributed by atoms with E-state index in [1.165, 1.54) is 6.07 Å². The first-order valence-electron chi connectivity index (χ1n) is 9.98. The molecule has 0 bridgehead atoms. The maximum Gasteiger partial charge on any atom is 0.416 e. The van der Waals surface area contributed by atoms with E-state index >= 15 is 0 Å². The van der Waals surface area contributed by atoms with E-state index in [0.29, 0.717) is 18.7 Å². The van der Waals surface area contributed by atoms with Crippen LogP contribution in [-0.4, -0.2) is 52.1 Å². The predicted octanol–water partition coefficient (Wildman–Crippen LogP) is 4.42. The number of carbonyl (C=O) groups is 1. The fraction of sp³-hybridized carbons (Fsp3) is 0.381. The van der Waals surface area contributed by atoms with Crippen molar-refractivity contribution >= 4 is 28.7 Å². The average Bonchev–Trinajstić information content (AvgIpc) is 3.20. The average molecular weight is 432 g/mol. The number of benzene rings is 1. The second-order valence-electron chi connectivity index (χ2n) is 7.78. The van der Waals surface area contributed by atoms with E-state index in [1.54, 1.807) is 31.3 Å². The van der Waals surface area contributed by atoms with E-state index < -0.39 is 17.8 Å². The zero-order valence-corrected chi connectivity index (χ0v) is 17.2. The van der Waals surface area contributed by atoms with Gasteiger partial charge in [0.05, 0.1) is 11.8 Å². The molecule has 0 radical (unpaired) electrons. The summed E-state index contributed by atoms with van der Waals surface area (Å²) in [4.78, 5) is 28.3. The molecule has 1 aliphatic rings. The van der Waals surface area contributed by atoms with Crippen LogP contribution in [0.4, 0.5) is 29.5 Å². The van der Waals surface area contributed by atoms with Gasteiger partial charge in [0, 0.05) is 38.1 Å². The molecule has 1 aliphatic heterocycles. The minimum absolute atomic E-state index is 0.0212. The van der Waals surface area contributed by atoms with Crippen LogP contribution >= 0.6 is 0 Å². The number of nitrogens with one attached hydrogen (secondary N) is 2. The molecule has 1 saturated heterocycles. The Hall–Kier alpha value is -3.30. The van der Waals surface area contributed by atoms with Gasteiger partial charge in [0.15, 0.2) is 5.65 Å². The zero-order valence-electron chi connectivity index (χ0n) is 17.2. The van der Waals surface area contributed by atoms with Gasteiger partial charge in [-0.05, 0) is 49.6 Å². The smallest absolute Gasteiger partial charge is 0.355 e. The Balaban J connectivity index is 1.37. The van der Waals surface area contributed by atoms with Gasteiger partial charge in [-0.25, -0.2) is 14.8 Å². The lowest BCUT2D eigenvalue weighted by molar-refractivity contribution is -0.137. The highest BCUT2D eigenvalue weighted by Crippen LogP contribution is 2.32. The molecule has 0 saturated carbocycles. The number of urea groups is 1. The lowest BCUT2D eigenvalue weighted by Gasteiger charge is -2.37. The molecule has 2 aromatic heterocycles. The van der Waals surface area contributed by atoms with Crippen molar-refractivity contribution in [3.63, 3.8) is 0 Å². The number of nitrogens with zero attached hydrogens (tertiary/aromatic N) is 4. The molecular formula is C21H23F3N6O. The molecule has 3 heterocycles. The van der Waals surface area contributed by atoms with Gasteiger partial charge in [-0.15, -0.1) is 0 Å². The quantitative estimate of drug-likeness (QED) is 0.643. The fourth-order valence-corrected chi connectivity index (χ4v) is 3.85. The molecule has 7 nitrogen and oxygen atoms in total. The van der Waals surface area contributed by atoms with E-state index in [9.17, 15) is 18.0 Å². The summed E-state index contributed by atoms with van der Waals surface area (Å²) in [6.45, 7) is 2.98. The SMILES string of the molecule is Cc1cc(NC(=O)N(C)C2CCN(c3cnc4[nH]ccc4n3)CC2)cc(C(F)(F)F)c1. The van der Waals surface area contributed by atoms with Crippen LogP contribution in [0.3, 0.4) is 0 Å². The van der Waals surface area contributed by atoms with Gasteiger partial charge in [0.2, 0.25) is 0 Å². The summed E-state index contributed by atoms with van der Waals surface area (Å²) in [6.07, 6.45) is 0.499. The third-order valence-corrected chi connectivity index (χ3v) is 5.56. The Morgan fingerprint density at radius 1 is 1.26 bits per heavy atom. The van der Waals surface area contributed by atoms with Gasteiger partial charge >= 0.3 is 12.2 Å². The molecular weight excluding hydrogens is 409 g/mol. The Kier molecular flexibility index (Phi) is 5.47. The van der Waals surface area contributed by atoms with E-state index in [0.717, 1.165) is 42.0 Å². The molecule has 1 fully saturated rings. The number of aromatic nitrogens is 3. The minimum Gasteiger partial charge on any atom is -0.355 e. The number of rotatable bonds is 3. The molecule has 10 heteroatoms. The van der Waals surface area contributed by atoms with Crippen molar-refractivity contribution in [1.82, 2.24) is 19.9 Å². The summed E-state index contributed by atoms with van der Waals surface area (Å²) in [6, 6.07) is 4.96. The van der Waals surface area contributed by atoms with Crippen molar-refractivity contribution in [1.29, 1.82) is 0 Å². The number of H-pyrrole nitrogens is 1. The van der Waals surface area contributed by atoms with Gasteiger partial charge in [-0.3, -0.25) is 0 Å². The third kappa shape index (κ3) is 4.57. The Morgan fingerprint density at radius 2 is 2.00 bits per heavy atom. The van der Waals surface area contributed by atoms with Gasteiger partial charge in [0.25, 0.3) is 0 Å². The molecule has 3 aromatic rings. The second kappa shape index (κ2) is 8.09. The van der Waals surface area contributed by atoms with Crippen LogP contribution in [-0.2, 0) is 6.18 Å². The summed E-state index contributed by atoms with van der Waals surface area (Å²) >= 11 is 0. The maximum atomic E-state index is 13.0. The number of hydrogen-bond donors (Lipinski definition) is 2. The van der Waals surface area contributed by atoms with Crippen molar-refractivity contribution in [3.05, 3.63) is 47.8 Å². The summed E-state index contributed by atoms with van der Waals surface area (Å²) in [5, 5.41) is 2.60. The van der Waals surface area contributed by atoms with Crippen LogP contribution in [0.25, 0.3) is 11.2 Å². The molecule has 0 unspecified atom stereocenters. The standard InChI is InChI=1S/C21H23F3N6O/c1-13-9-14(21(22,23)24)11-15(10-13)27-20(31)29(2)16-4-7-30(8-5-16)18-12-26-19-17(28-18)3-6-25-19/h3,6,9-12,16H,4-5,7-8H2,1-2H3,(H,25,26)(H,27,31). The van der Waals surface area contributed by atoms with Gasteiger partial charge in [0.1, 0.15) is 11.3 Å². The Bertz CT molecular complexity index is 1090. The van der Waals surface area contributed by atoms with Gasteiger partial charge in [-0.1, -0.05) is 0 Å². The zero-order chi connectivity index (χ0) is 22.2. The third-order valence-electron chi connectivity index (χ3n) is 5.56. The largest absolute Gasteiger partial charge is 0.416 e. The number of alkyl halides is 3. The minimum atomic E-state index is -4.46. The summed E-state index contributed by atoms with van der Waals surface area (Å²) < 4.78 is 39.1. The Labute approximate surface area is 177 Å². The van der Waals surface area contributed by atoms with E-state index in [2.05, 4.69) is 25.2 Å². The Morgan fingerprint density at radius 3 is 2.71 bits per heavy atom. The normalized spacial score (nSPS) is 15.3. The number of fused-ring (bicyclic) bond motifs is 1. The van der Waals surface area contributed by atoms with Crippen molar-refractivity contribution in [2.24, 2.45) is 0 Å². The lowest BCUT2D eigenvalue weighted by Crippen LogP contribution is -2.47. The molecule has 4 rings (SSSR count). The molecule has 164 valence electrons. The predicted molar refractivity (Wildman–Crippen MR) is 112 cm³/mol. The highest BCUT2D eigenvalue weighted by atomic mass is 19.4. The number of piperidine rings is 1. The number of hydrogen-bond acceptors (Lipinski definition) is 4. The first kappa shape index (κ1) is 21.0. The van der Waals surface area contributed by atoms with E-state index in [-0.39, 0.29) is 11.7 Å². The van der Waals surface area contributed by atoms with Gasteiger partial charge < -0.3 is 20.1 Å². The van der Waals surface area contributed by atoms with Crippen LogP contribution in [0.5, 0.6) is 0 Å². The lowest BCUT2D eigenvalue weighted by atomic mass is 10.0. The van der Waals surface area contributed by atoms with Crippen molar-refractivity contribution in [3.8, 4) is 0 Å². The second-order valence-corrected chi connectivity index (χ2v) is 7.78. The first-order chi connectivity index (χ1) is 14.7. The summed E-state index contributed by atoms with van der Waals surface area (Å²) in [5.74, 6) is 0.789. The first-order valence-corrected chi connectivity index (χ1v) is 9.98. The maximum absolute atomic E-state index is 13.0. The highest BCUT2D eigenvalue weighted by molar-refractivity contribution is 5.89. The number of anilines is 2. The van der Waals surface area contributed by atoms with Crippen molar-refractivity contribution < 1.29 is 18.0 Å². The topological polar surface area (TPSA) is 77.2 Å². The number of halogens is 3. The van der Waals surface area contributed by atoms with Crippen LogP contribution < -0.4 is 10.2 Å². The molecule has 1 aromatic carbocycles. The number of amides is 2. The van der Waals surface area contributed by atoms with Crippen LogP contribution in [0.2, 0.25) is 0 Å². The number of carbonyl (C=O) groups excluding carboxylic acids is 1. The molecule has 0 atom stereocenters. The van der Waals surface area contributed by atoms with E-state index in [1.807, 2.05) is 6.07 Å². The number of aryl methyl sites for hydroxylation is 1. The summed E-state index contributed by atoms with van der Waals surface area (Å²) in [5.41, 5.74) is 1.32. The van der Waals surface area contributed by atoms with Crippen LogP contribution in [0.1, 0.15) is 24.0 Å². The van der Waals surface area contributed by atoms with Crippen LogP contribution in [0.15, 0.2) is 36.7 Å². The van der Waals surface area contributed by atoms with Gasteiger partial charge in [-0.2, -0.15) is 13.2 Å². The molecule has 0 aliphatic carbocycles. The van der Waals surface area contributed by atoms with Crippen molar-refractivity contribution in [2.75, 3.05) is 30.4 Å². The molecule has 0 spiro atoms. The van der Waals surface area contributed by atoms with E-state index in [4.69, 9.17) is 0 Å².